The van der Waals surface area contributed by atoms with Crippen molar-refractivity contribution >= 4 is 10.0 Å². The first-order chi connectivity index (χ1) is 8.88. The van der Waals surface area contributed by atoms with E-state index in [1.165, 1.54) is 10.4 Å². The van der Waals surface area contributed by atoms with Crippen molar-refractivity contribution in [1.82, 2.24) is 4.31 Å². The van der Waals surface area contributed by atoms with Gasteiger partial charge >= 0.3 is 0 Å². The molecule has 0 saturated heterocycles. The Bertz CT molecular complexity index is 584. The Morgan fingerprint density at radius 3 is 2.32 bits per heavy atom. The summed E-state index contributed by atoms with van der Waals surface area (Å²) in [7, 11) is -1.87. The molecule has 0 amide bonds. The smallest absolute Gasteiger partial charge is 0.207 e. The number of benzene rings is 1. The highest BCUT2D eigenvalue weighted by molar-refractivity contribution is 7.89. The fraction of sp³-hybridized carbons (Fsp3) is 0.500. The number of nitriles is 1. The van der Waals surface area contributed by atoms with Crippen LogP contribution in [0.4, 0.5) is 0 Å². The Morgan fingerprint density at radius 2 is 1.89 bits per heavy atom. The number of rotatable bonds is 5. The fourth-order valence-electron chi connectivity index (χ4n) is 2.09. The number of sulfonamides is 1. The predicted octanol–water partition coefficient (Wildman–Crippen LogP) is 2.68. The lowest BCUT2D eigenvalue weighted by atomic mass is 10.1. The summed E-state index contributed by atoms with van der Waals surface area (Å²) in [6.07, 6.45) is 1.56. The summed E-state index contributed by atoms with van der Waals surface area (Å²) in [5.74, 6) is 0. The summed E-state index contributed by atoms with van der Waals surface area (Å²) < 4.78 is 26.4. The zero-order valence-corrected chi connectivity index (χ0v) is 12.7. The molecule has 19 heavy (non-hydrogen) atoms. The van der Waals surface area contributed by atoms with Gasteiger partial charge in [0.25, 0.3) is 0 Å². The summed E-state index contributed by atoms with van der Waals surface area (Å²) in [6.45, 7) is 5.70. The molecule has 1 rings (SSSR count). The second-order valence-electron chi connectivity index (χ2n) is 4.58. The van der Waals surface area contributed by atoms with Crippen LogP contribution in [0.5, 0.6) is 0 Å². The number of hydrogen-bond acceptors (Lipinski definition) is 3. The third-order valence-corrected chi connectivity index (χ3v) is 5.36. The van der Waals surface area contributed by atoms with E-state index in [9.17, 15) is 8.42 Å². The Hall–Kier alpha value is -1.38. The third-order valence-electron chi connectivity index (χ3n) is 3.45. The molecule has 1 aromatic carbocycles. The Morgan fingerprint density at radius 1 is 1.32 bits per heavy atom. The van der Waals surface area contributed by atoms with Crippen LogP contribution in [0.15, 0.2) is 23.1 Å². The van der Waals surface area contributed by atoms with Gasteiger partial charge in [-0.2, -0.15) is 9.57 Å². The maximum Gasteiger partial charge on any atom is 0.243 e. The highest BCUT2D eigenvalue weighted by Crippen LogP contribution is 2.21. The average Bonchev–Trinajstić information content (AvgIpc) is 2.39. The summed E-state index contributed by atoms with van der Waals surface area (Å²) in [6, 6.07) is 6.66. The summed E-state index contributed by atoms with van der Waals surface area (Å²) in [4.78, 5) is 0.249. The first-order valence-corrected chi connectivity index (χ1v) is 7.81. The molecule has 0 aromatic heterocycles. The van der Waals surface area contributed by atoms with Crippen molar-refractivity contribution in [3.8, 4) is 6.07 Å². The normalized spacial score (nSPS) is 11.8. The molecule has 4 nitrogen and oxygen atoms in total. The lowest BCUT2D eigenvalue weighted by molar-refractivity contribution is 0.349. The Labute approximate surface area is 115 Å². The molecule has 0 radical (unpaired) electrons. The zero-order chi connectivity index (χ0) is 14.6. The molecular weight excluding hydrogens is 260 g/mol. The van der Waals surface area contributed by atoms with E-state index >= 15 is 0 Å². The van der Waals surface area contributed by atoms with Gasteiger partial charge in [0, 0.05) is 13.1 Å². The highest BCUT2D eigenvalue weighted by atomic mass is 32.2. The highest BCUT2D eigenvalue weighted by Gasteiger charge is 2.26. The standard InChI is InChI=1S/C14H20N2O2S/c1-5-13(6-2)16(4)19(17,18)14-8-7-12(10-15)11(3)9-14/h7-9,13H,5-6H2,1-4H3. The van der Waals surface area contributed by atoms with E-state index in [-0.39, 0.29) is 10.9 Å². The van der Waals surface area contributed by atoms with Gasteiger partial charge < -0.3 is 0 Å². The van der Waals surface area contributed by atoms with Gasteiger partial charge in [0.1, 0.15) is 0 Å². The molecule has 0 unspecified atom stereocenters. The minimum atomic E-state index is -3.49. The number of nitrogens with zero attached hydrogens (tertiary/aromatic N) is 2. The fourth-order valence-corrected chi connectivity index (χ4v) is 3.68. The minimum absolute atomic E-state index is 0.000879. The SMILES string of the molecule is CCC(CC)N(C)S(=O)(=O)c1ccc(C#N)c(C)c1. The monoisotopic (exact) mass is 280 g/mol. The minimum Gasteiger partial charge on any atom is -0.207 e. The molecule has 0 aliphatic heterocycles. The van der Waals surface area contributed by atoms with Crippen LogP contribution >= 0.6 is 0 Å². The lowest BCUT2D eigenvalue weighted by Gasteiger charge is -2.25. The van der Waals surface area contributed by atoms with Crippen molar-refractivity contribution in [2.75, 3.05) is 7.05 Å². The number of aryl methyl sites for hydroxylation is 1. The van der Waals surface area contributed by atoms with Crippen molar-refractivity contribution in [3.05, 3.63) is 29.3 Å². The van der Waals surface area contributed by atoms with E-state index in [1.54, 1.807) is 26.1 Å². The topological polar surface area (TPSA) is 61.2 Å². The predicted molar refractivity (Wildman–Crippen MR) is 75.2 cm³/mol. The molecule has 1 aromatic rings. The molecule has 0 saturated carbocycles. The summed E-state index contributed by atoms with van der Waals surface area (Å²) in [5.41, 5.74) is 1.19. The van der Waals surface area contributed by atoms with Crippen LogP contribution in [0.1, 0.15) is 37.8 Å². The maximum absolute atomic E-state index is 12.5. The van der Waals surface area contributed by atoms with Gasteiger partial charge in [0.15, 0.2) is 0 Å². The molecule has 0 bridgehead atoms. The Kier molecular flexibility index (Phi) is 5.10. The van der Waals surface area contributed by atoms with Crippen molar-refractivity contribution in [2.45, 2.75) is 44.6 Å². The van der Waals surface area contributed by atoms with Crippen LogP contribution in [0.2, 0.25) is 0 Å². The van der Waals surface area contributed by atoms with Gasteiger partial charge in [-0.15, -0.1) is 0 Å². The zero-order valence-electron chi connectivity index (χ0n) is 11.8. The van der Waals surface area contributed by atoms with Gasteiger partial charge in [-0.1, -0.05) is 13.8 Å². The molecule has 0 atom stereocenters. The van der Waals surface area contributed by atoms with E-state index < -0.39 is 10.0 Å². The Balaban J connectivity index is 3.21. The van der Waals surface area contributed by atoms with Crippen molar-refractivity contribution in [1.29, 1.82) is 5.26 Å². The van der Waals surface area contributed by atoms with Gasteiger partial charge in [-0.3, -0.25) is 0 Å². The second kappa shape index (κ2) is 6.18. The largest absolute Gasteiger partial charge is 0.243 e. The third kappa shape index (κ3) is 3.14. The summed E-state index contributed by atoms with van der Waals surface area (Å²) >= 11 is 0. The molecular formula is C14H20N2O2S. The first-order valence-electron chi connectivity index (χ1n) is 6.37. The quantitative estimate of drug-likeness (QED) is 0.833. The van der Waals surface area contributed by atoms with Crippen LogP contribution in [0.3, 0.4) is 0 Å². The molecule has 0 heterocycles. The number of hydrogen-bond donors (Lipinski definition) is 0. The van der Waals surface area contributed by atoms with Crippen molar-refractivity contribution in [3.63, 3.8) is 0 Å². The van der Waals surface area contributed by atoms with E-state index in [0.717, 1.165) is 12.8 Å². The average molecular weight is 280 g/mol. The van der Waals surface area contributed by atoms with E-state index in [0.29, 0.717) is 11.1 Å². The molecule has 0 fully saturated rings. The van der Waals surface area contributed by atoms with Gasteiger partial charge in [-0.05, 0) is 43.5 Å². The second-order valence-corrected chi connectivity index (χ2v) is 6.58. The summed E-state index contributed by atoms with van der Waals surface area (Å²) in [5, 5.41) is 8.88. The molecule has 0 aliphatic rings. The lowest BCUT2D eigenvalue weighted by Crippen LogP contribution is -2.36. The van der Waals surface area contributed by atoms with Gasteiger partial charge in [-0.25, -0.2) is 8.42 Å². The van der Waals surface area contributed by atoms with Crippen LogP contribution in [-0.2, 0) is 10.0 Å². The maximum atomic E-state index is 12.5. The van der Waals surface area contributed by atoms with Crippen LogP contribution in [0, 0.1) is 18.3 Å². The van der Waals surface area contributed by atoms with E-state index in [4.69, 9.17) is 5.26 Å². The molecule has 5 heteroatoms. The van der Waals surface area contributed by atoms with Gasteiger partial charge in [0.2, 0.25) is 10.0 Å². The first kappa shape index (κ1) is 15.7. The van der Waals surface area contributed by atoms with E-state index in [2.05, 4.69) is 0 Å². The van der Waals surface area contributed by atoms with Crippen LogP contribution < -0.4 is 0 Å². The van der Waals surface area contributed by atoms with Crippen molar-refractivity contribution in [2.24, 2.45) is 0 Å². The van der Waals surface area contributed by atoms with Crippen molar-refractivity contribution < 1.29 is 8.42 Å². The molecule has 0 aliphatic carbocycles. The van der Waals surface area contributed by atoms with Crippen LogP contribution in [0.25, 0.3) is 0 Å². The van der Waals surface area contributed by atoms with E-state index in [1.807, 2.05) is 19.9 Å². The molecule has 0 spiro atoms. The molecule has 0 N–H and O–H groups in total. The van der Waals surface area contributed by atoms with Gasteiger partial charge in [0.05, 0.1) is 16.5 Å². The molecule has 104 valence electrons. The van der Waals surface area contributed by atoms with Crippen LogP contribution in [-0.4, -0.2) is 25.8 Å².